The third-order valence-electron chi connectivity index (χ3n) is 5.24. The van der Waals surface area contributed by atoms with E-state index in [1.54, 1.807) is 6.07 Å². The molecule has 172 valence electrons. The first kappa shape index (κ1) is 21.8. The fourth-order valence-electron chi connectivity index (χ4n) is 3.90. The maximum absolute atomic E-state index is 14.3. The molecule has 5 rings (SSSR count). The molecule has 0 radical (unpaired) electrons. The molecule has 0 fully saturated rings. The molecule has 0 aliphatic carbocycles. The summed E-state index contributed by atoms with van der Waals surface area (Å²) >= 11 is 6.43. The molecule has 34 heavy (non-hydrogen) atoms. The summed E-state index contributed by atoms with van der Waals surface area (Å²) in [6.45, 7) is 3.84. The smallest absolute Gasteiger partial charge is 0.337 e. The van der Waals surface area contributed by atoms with Gasteiger partial charge < -0.3 is 9.84 Å². The van der Waals surface area contributed by atoms with Gasteiger partial charge in [-0.25, -0.2) is 18.1 Å². The van der Waals surface area contributed by atoms with Crippen LogP contribution in [0, 0.1) is 11.6 Å². The number of carbonyl (C=O) groups is 1. The summed E-state index contributed by atoms with van der Waals surface area (Å²) in [6.07, 6.45) is 2.87. The molecule has 1 N–H and O–H groups in total. The van der Waals surface area contributed by atoms with Crippen molar-refractivity contribution in [1.82, 2.24) is 19.2 Å². The molecule has 0 amide bonds. The van der Waals surface area contributed by atoms with Crippen molar-refractivity contribution in [2.45, 2.75) is 20.0 Å². The van der Waals surface area contributed by atoms with Crippen LogP contribution in [0.5, 0.6) is 5.75 Å². The molecule has 0 aliphatic rings. The Morgan fingerprint density at radius 2 is 1.88 bits per heavy atom. The van der Waals surface area contributed by atoms with E-state index >= 15 is 0 Å². The van der Waals surface area contributed by atoms with Gasteiger partial charge in [0.25, 0.3) is 0 Å². The molecule has 0 aliphatic heterocycles. The van der Waals surface area contributed by atoms with Crippen molar-refractivity contribution in [3.8, 4) is 22.7 Å². The summed E-state index contributed by atoms with van der Waals surface area (Å²) in [4.78, 5) is 16.0. The minimum absolute atomic E-state index is 0.0151. The predicted molar refractivity (Wildman–Crippen MR) is 123 cm³/mol. The van der Waals surface area contributed by atoms with Crippen LogP contribution in [-0.2, 0) is 0 Å². The van der Waals surface area contributed by atoms with E-state index in [1.807, 2.05) is 38.1 Å². The Morgan fingerprint density at radius 3 is 2.62 bits per heavy atom. The molecule has 0 bridgehead atoms. The first-order valence-corrected chi connectivity index (χ1v) is 10.7. The van der Waals surface area contributed by atoms with E-state index in [1.165, 1.54) is 21.5 Å². The van der Waals surface area contributed by atoms with Gasteiger partial charge in [0.2, 0.25) is 0 Å². The molecule has 10 heteroatoms. The summed E-state index contributed by atoms with van der Waals surface area (Å²) in [6, 6.07) is 10.5. The number of halogens is 3. The number of fused-ring (bicyclic) bond motifs is 3. The Labute approximate surface area is 196 Å². The lowest BCUT2D eigenvalue weighted by atomic mass is 10.1. The summed E-state index contributed by atoms with van der Waals surface area (Å²) in [7, 11) is 0. The highest BCUT2D eigenvalue weighted by atomic mass is 35.5. The molecule has 0 saturated heterocycles. The Kier molecular flexibility index (Phi) is 5.21. The quantitative estimate of drug-likeness (QED) is 0.344. The SMILES string of the molecule is CC(C)Oc1cccc(-c2cc3n(-c4cc(F)c(F)cc4C(=O)O)c4cncc(Cl)c4n3n2)c1. The highest BCUT2D eigenvalue weighted by molar-refractivity contribution is 6.35. The fourth-order valence-corrected chi connectivity index (χ4v) is 4.13. The van der Waals surface area contributed by atoms with E-state index in [0.717, 1.165) is 11.6 Å². The number of imidazole rings is 1. The van der Waals surface area contributed by atoms with Crippen molar-refractivity contribution in [3.63, 3.8) is 0 Å². The van der Waals surface area contributed by atoms with Gasteiger partial charge in [0, 0.05) is 23.9 Å². The minimum Gasteiger partial charge on any atom is -0.491 e. The van der Waals surface area contributed by atoms with Crippen molar-refractivity contribution in [2.24, 2.45) is 0 Å². The lowest BCUT2D eigenvalue weighted by molar-refractivity contribution is 0.0696. The second kappa shape index (κ2) is 8.11. The first-order valence-electron chi connectivity index (χ1n) is 10.3. The van der Waals surface area contributed by atoms with Crippen LogP contribution in [0.1, 0.15) is 24.2 Å². The molecule has 7 nitrogen and oxygen atoms in total. The molecule has 0 atom stereocenters. The maximum atomic E-state index is 14.3. The normalized spacial score (nSPS) is 11.6. The second-order valence-electron chi connectivity index (χ2n) is 7.91. The molecule has 0 saturated carbocycles. The Balaban J connectivity index is 1.82. The lowest BCUT2D eigenvalue weighted by Gasteiger charge is -2.11. The summed E-state index contributed by atoms with van der Waals surface area (Å²) in [5, 5.41) is 14.6. The minimum atomic E-state index is -1.41. The predicted octanol–water partition coefficient (Wildman–Crippen LogP) is 5.76. The number of ether oxygens (including phenoxy) is 1. The zero-order chi connectivity index (χ0) is 24.1. The van der Waals surface area contributed by atoms with Crippen LogP contribution in [0.2, 0.25) is 5.02 Å². The molecule has 5 aromatic rings. The number of carboxylic acid groups (broad SMARTS) is 1. The second-order valence-corrected chi connectivity index (χ2v) is 8.31. The number of carboxylic acids is 1. The molecular formula is C24H17ClF2N4O3. The number of hydrogen-bond donors (Lipinski definition) is 1. The lowest BCUT2D eigenvalue weighted by Crippen LogP contribution is -2.07. The van der Waals surface area contributed by atoms with Gasteiger partial charge in [0.15, 0.2) is 11.6 Å². The topological polar surface area (TPSA) is 81.6 Å². The van der Waals surface area contributed by atoms with Crippen molar-refractivity contribution in [1.29, 1.82) is 0 Å². The van der Waals surface area contributed by atoms with Crippen LogP contribution in [0.4, 0.5) is 8.78 Å². The van der Waals surface area contributed by atoms with Gasteiger partial charge in [-0.05, 0) is 32.0 Å². The van der Waals surface area contributed by atoms with Gasteiger partial charge in [-0.1, -0.05) is 23.7 Å². The van der Waals surface area contributed by atoms with E-state index in [9.17, 15) is 18.7 Å². The van der Waals surface area contributed by atoms with Crippen LogP contribution in [0.25, 0.3) is 33.6 Å². The van der Waals surface area contributed by atoms with Gasteiger partial charge in [-0.2, -0.15) is 5.10 Å². The Bertz CT molecular complexity index is 1590. The van der Waals surface area contributed by atoms with Gasteiger partial charge in [0.05, 0.1) is 39.8 Å². The van der Waals surface area contributed by atoms with Crippen LogP contribution in [0.3, 0.4) is 0 Å². The molecule has 0 spiro atoms. The number of pyridine rings is 1. The van der Waals surface area contributed by atoms with Crippen molar-refractivity contribution in [2.75, 3.05) is 0 Å². The highest BCUT2D eigenvalue weighted by Crippen LogP contribution is 2.34. The monoisotopic (exact) mass is 482 g/mol. The molecular weight excluding hydrogens is 466 g/mol. The Hall–Kier alpha value is -3.98. The molecule has 2 aromatic carbocycles. The van der Waals surface area contributed by atoms with Gasteiger partial charge >= 0.3 is 5.97 Å². The fraction of sp³-hybridized carbons (Fsp3) is 0.125. The Morgan fingerprint density at radius 1 is 1.12 bits per heavy atom. The van der Waals surface area contributed by atoms with Crippen LogP contribution in [-0.4, -0.2) is 36.3 Å². The average molecular weight is 483 g/mol. The number of aromatic carboxylic acids is 1. The number of aromatic nitrogens is 4. The third-order valence-corrected chi connectivity index (χ3v) is 5.51. The first-order chi connectivity index (χ1) is 16.2. The van der Waals surface area contributed by atoms with E-state index in [-0.39, 0.29) is 16.8 Å². The molecule has 0 unspecified atom stereocenters. The standard InChI is InChI=1S/C24H17ClF2N4O3/c1-12(2)34-14-5-3-4-13(6-14)19-9-22-30(20-8-18(27)17(26)7-15(20)24(32)33)21-11-28-10-16(25)23(21)31(22)29-19/h3-12H,1-2H3,(H,32,33). The highest BCUT2D eigenvalue weighted by Gasteiger charge is 2.24. The van der Waals surface area contributed by atoms with Crippen LogP contribution < -0.4 is 4.74 Å². The third kappa shape index (κ3) is 3.54. The van der Waals surface area contributed by atoms with Crippen LogP contribution >= 0.6 is 11.6 Å². The largest absolute Gasteiger partial charge is 0.491 e. The number of rotatable bonds is 5. The molecule has 3 heterocycles. The maximum Gasteiger partial charge on any atom is 0.337 e. The van der Waals surface area contributed by atoms with Gasteiger partial charge in [-0.3, -0.25) is 9.55 Å². The number of benzene rings is 2. The van der Waals surface area contributed by atoms with Crippen molar-refractivity contribution >= 4 is 34.3 Å². The average Bonchev–Trinajstić information content (AvgIpc) is 3.32. The van der Waals surface area contributed by atoms with Crippen LogP contribution in [0.15, 0.2) is 54.9 Å². The van der Waals surface area contributed by atoms with Gasteiger partial charge in [-0.15, -0.1) is 0 Å². The van der Waals surface area contributed by atoms with E-state index in [4.69, 9.17) is 16.3 Å². The zero-order valence-electron chi connectivity index (χ0n) is 18.0. The summed E-state index contributed by atoms with van der Waals surface area (Å²) < 4.78 is 36.9. The van der Waals surface area contributed by atoms with E-state index < -0.39 is 23.2 Å². The summed E-state index contributed by atoms with van der Waals surface area (Å²) in [5.74, 6) is -3.20. The number of hydrogen-bond acceptors (Lipinski definition) is 4. The van der Waals surface area contributed by atoms with Gasteiger partial charge in [0.1, 0.15) is 16.9 Å². The summed E-state index contributed by atoms with van der Waals surface area (Å²) in [5.41, 5.74) is 2.00. The van der Waals surface area contributed by atoms with E-state index in [0.29, 0.717) is 34.2 Å². The van der Waals surface area contributed by atoms with Crippen molar-refractivity contribution in [3.05, 3.63) is 77.1 Å². The van der Waals surface area contributed by atoms with Crippen molar-refractivity contribution < 1.29 is 23.4 Å². The zero-order valence-corrected chi connectivity index (χ0v) is 18.7. The van der Waals surface area contributed by atoms with E-state index in [2.05, 4.69) is 10.1 Å². The number of nitrogens with zero attached hydrogens (tertiary/aromatic N) is 4. The molecule has 3 aromatic heterocycles.